The van der Waals surface area contributed by atoms with Crippen LogP contribution >= 0.6 is 0 Å². The molecular weight excluding hydrogens is 372 g/mol. The number of amides is 2. The standard InChI is InChI=1S/C21H34N2O4Si/c1-15(2)12-28(13-16(3)4,14-17(5)6)27-21(25)23-22-20(24)26-19-10-8-9-18(7)11-19/h8-11,15-17H,12-14H2,1-7H3/b23-22+. The molecule has 0 unspecified atom stereocenters. The zero-order valence-corrected chi connectivity index (χ0v) is 19.2. The Morgan fingerprint density at radius 1 is 0.893 bits per heavy atom. The predicted octanol–water partition coefficient (Wildman–Crippen LogP) is 7.00. The molecule has 0 saturated heterocycles. The van der Waals surface area contributed by atoms with Crippen LogP contribution in [0.15, 0.2) is 34.5 Å². The van der Waals surface area contributed by atoms with E-state index in [-0.39, 0.29) is 0 Å². The highest BCUT2D eigenvalue weighted by molar-refractivity contribution is 6.75. The lowest BCUT2D eigenvalue weighted by Gasteiger charge is -2.34. The second kappa shape index (κ2) is 11.1. The number of carbonyl (C=O) groups excluding carboxylic acids is 2. The first kappa shape index (κ1) is 24.0. The van der Waals surface area contributed by atoms with E-state index in [1.54, 1.807) is 18.2 Å². The fourth-order valence-corrected chi connectivity index (χ4v) is 9.32. The van der Waals surface area contributed by atoms with Gasteiger partial charge in [-0.15, -0.1) is 0 Å². The quantitative estimate of drug-likeness (QED) is 0.344. The van der Waals surface area contributed by atoms with Gasteiger partial charge in [0, 0.05) is 0 Å². The summed E-state index contributed by atoms with van der Waals surface area (Å²) in [6.45, 7) is 14.7. The van der Waals surface area contributed by atoms with Crippen LogP contribution in [-0.2, 0) is 4.43 Å². The van der Waals surface area contributed by atoms with Gasteiger partial charge in [-0.1, -0.05) is 63.9 Å². The summed E-state index contributed by atoms with van der Waals surface area (Å²) in [5.41, 5.74) is 0.952. The van der Waals surface area contributed by atoms with Gasteiger partial charge in [0.25, 0.3) is 8.32 Å². The third kappa shape index (κ3) is 9.26. The van der Waals surface area contributed by atoms with Crippen molar-refractivity contribution in [1.82, 2.24) is 0 Å². The normalized spacial score (nSPS) is 12.2. The number of hydrogen-bond acceptors (Lipinski definition) is 4. The van der Waals surface area contributed by atoms with Crippen LogP contribution in [0.4, 0.5) is 9.59 Å². The van der Waals surface area contributed by atoms with Crippen LogP contribution in [0.1, 0.15) is 47.1 Å². The molecule has 1 aromatic rings. The van der Waals surface area contributed by atoms with Crippen molar-refractivity contribution in [1.29, 1.82) is 0 Å². The van der Waals surface area contributed by atoms with Crippen molar-refractivity contribution in [2.24, 2.45) is 28.0 Å². The zero-order chi connectivity index (χ0) is 21.3. The van der Waals surface area contributed by atoms with E-state index < -0.39 is 20.5 Å². The molecule has 0 aliphatic carbocycles. The van der Waals surface area contributed by atoms with Crippen LogP contribution in [0.3, 0.4) is 0 Å². The van der Waals surface area contributed by atoms with Crippen LogP contribution < -0.4 is 4.74 Å². The van der Waals surface area contributed by atoms with E-state index in [1.807, 2.05) is 13.0 Å². The average Bonchev–Trinajstić information content (AvgIpc) is 2.50. The summed E-state index contributed by atoms with van der Waals surface area (Å²) in [4.78, 5) is 24.2. The summed E-state index contributed by atoms with van der Waals surface area (Å²) in [6, 6.07) is 9.63. The van der Waals surface area contributed by atoms with E-state index in [2.05, 4.69) is 51.8 Å². The second-order valence-electron chi connectivity index (χ2n) is 8.73. The molecule has 0 heterocycles. The van der Waals surface area contributed by atoms with Gasteiger partial charge in [-0.2, -0.15) is 0 Å². The summed E-state index contributed by atoms with van der Waals surface area (Å²) in [7, 11) is -2.36. The maximum Gasteiger partial charge on any atom is 0.458 e. The minimum absolute atomic E-state index is 0.362. The first-order valence-electron chi connectivity index (χ1n) is 9.94. The zero-order valence-electron chi connectivity index (χ0n) is 18.2. The lowest BCUT2D eigenvalue weighted by molar-refractivity contribution is 0.197. The van der Waals surface area contributed by atoms with Crippen molar-refractivity contribution in [3.63, 3.8) is 0 Å². The van der Waals surface area contributed by atoms with E-state index >= 15 is 0 Å². The van der Waals surface area contributed by atoms with Gasteiger partial charge < -0.3 is 9.16 Å². The Morgan fingerprint density at radius 2 is 1.39 bits per heavy atom. The molecule has 0 bridgehead atoms. The molecule has 2 amide bonds. The number of benzene rings is 1. The van der Waals surface area contributed by atoms with Crippen LogP contribution in [0, 0.1) is 24.7 Å². The lowest BCUT2D eigenvalue weighted by Crippen LogP contribution is -2.43. The van der Waals surface area contributed by atoms with E-state index in [0.29, 0.717) is 23.5 Å². The molecule has 0 aromatic heterocycles. The van der Waals surface area contributed by atoms with Crippen molar-refractivity contribution in [3.05, 3.63) is 29.8 Å². The smallest absolute Gasteiger partial charge is 0.458 e. The van der Waals surface area contributed by atoms with E-state index in [0.717, 1.165) is 23.7 Å². The highest BCUT2D eigenvalue weighted by Gasteiger charge is 2.40. The van der Waals surface area contributed by atoms with E-state index in [4.69, 9.17) is 9.16 Å². The molecule has 156 valence electrons. The molecule has 7 heteroatoms. The molecule has 0 aliphatic heterocycles. The van der Waals surface area contributed by atoms with Crippen molar-refractivity contribution in [2.75, 3.05) is 0 Å². The third-order valence-corrected chi connectivity index (χ3v) is 9.34. The van der Waals surface area contributed by atoms with Crippen molar-refractivity contribution in [3.8, 4) is 5.75 Å². The first-order valence-corrected chi connectivity index (χ1v) is 12.5. The molecule has 0 aliphatic rings. The van der Waals surface area contributed by atoms with Crippen molar-refractivity contribution in [2.45, 2.75) is 66.6 Å². The number of azo groups is 1. The van der Waals surface area contributed by atoms with Gasteiger partial charge in [-0.25, -0.2) is 9.59 Å². The van der Waals surface area contributed by atoms with E-state index in [9.17, 15) is 9.59 Å². The molecule has 0 radical (unpaired) electrons. The molecule has 28 heavy (non-hydrogen) atoms. The van der Waals surface area contributed by atoms with Crippen LogP contribution in [-0.4, -0.2) is 20.5 Å². The summed E-state index contributed by atoms with van der Waals surface area (Å²) in [5.74, 6) is 1.61. The highest BCUT2D eigenvalue weighted by Crippen LogP contribution is 2.33. The molecule has 0 fully saturated rings. The maximum absolute atomic E-state index is 12.4. The summed E-state index contributed by atoms with van der Waals surface area (Å²) >= 11 is 0. The minimum Gasteiger partial charge on any atom is -0.501 e. The van der Waals surface area contributed by atoms with Gasteiger partial charge in [0.1, 0.15) is 5.75 Å². The van der Waals surface area contributed by atoms with Crippen molar-refractivity contribution < 1.29 is 18.8 Å². The van der Waals surface area contributed by atoms with Gasteiger partial charge in [0.15, 0.2) is 0 Å². The Labute approximate surface area is 169 Å². The Kier molecular flexibility index (Phi) is 9.51. The van der Waals surface area contributed by atoms with Crippen LogP contribution in [0.25, 0.3) is 0 Å². The molecule has 0 N–H and O–H groups in total. The van der Waals surface area contributed by atoms with Crippen LogP contribution in [0.2, 0.25) is 18.1 Å². The number of aryl methyl sites for hydroxylation is 1. The second-order valence-corrected chi connectivity index (χ2v) is 12.5. The largest absolute Gasteiger partial charge is 0.501 e. The number of ether oxygens (including phenoxy) is 1. The topological polar surface area (TPSA) is 77.3 Å². The molecule has 0 atom stereocenters. The van der Waals surface area contributed by atoms with Gasteiger partial charge in [-0.3, -0.25) is 0 Å². The van der Waals surface area contributed by atoms with Crippen LogP contribution in [0.5, 0.6) is 5.75 Å². The number of rotatable bonds is 8. The fourth-order valence-electron chi connectivity index (χ4n) is 3.69. The highest BCUT2D eigenvalue weighted by atomic mass is 28.4. The summed E-state index contributed by atoms with van der Waals surface area (Å²) in [6.07, 6.45) is -1.73. The van der Waals surface area contributed by atoms with Gasteiger partial charge in [0.2, 0.25) is 0 Å². The summed E-state index contributed by atoms with van der Waals surface area (Å²) in [5, 5.41) is 6.86. The Bertz CT molecular complexity index is 660. The van der Waals surface area contributed by atoms with Gasteiger partial charge in [-0.05, 0) is 60.5 Å². The first-order chi connectivity index (χ1) is 13.0. The maximum atomic E-state index is 12.4. The van der Waals surface area contributed by atoms with Gasteiger partial charge in [0.05, 0.1) is 0 Å². The number of nitrogens with zero attached hydrogens (tertiary/aromatic N) is 2. The third-order valence-electron chi connectivity index (χ3n) is 4.05. The monoisotopic (exact) mass is 406 g/mol. The SMILES string of the molecule is Cc1cccc(OC(=O)/N=N/C(=O)O[Si](CC(C)C)(CC(C)C)CC(C)C)c1. The lowest BCUT2D eigenvalue weighted by atomic mass is 10.2. The Morgan fingerprint density at radius 3 is 1.86 bits per heavy atom. The molecular formula is C21H34N2O4Si. The molecule has 0 saturated carbocycles. The molecule has 0 spiro atoms. The predicted molar refractivity (Wildman–Crippen MR) is 113 cm³/mol. The minimum atomic E-state index is -2.36. The number of hydrogen-bond donors (Lipinski definition) is 0. The number of carbonyl (C=O) groups is 2. The van der Waals surface area contributed by atoms with Crippen molar-refractivity contribution >= 4 is 20.5 Å². The molecule has 1 aromatic carbocycles. The van der Waals surface area contributed by atoms with E-state index in [1.165, 1.54) is 0 Å². The molecule has 1 rings (SSSR count). The Balaban J connectivity index is 2.84. The Hall–Kier alpha value is -2.02. The fraction of sp³-hybridized carbons (Fsp3) is 0.619. The van der Waals surface area contributed by atoms with Gasteiger partial charge >= 0.3 is 12.2 Å². The average molecular weight is 407 g/mol. The summed E-state index contributed by atoms with van der Waals surface area (Å²) < 4.78 is 11.0. The molecule has 6 nitrogen and oxygen atoms in total.